The third-order valence-corrected chi connectivity index (χ3v) is 5.75. The Balaban J connectivity index is 1.57. The Labute approximate surface area is 208 Å². The van der Waals surface area contributed by atoms with E-state index in [9.17, 15) is 9.59 Å². The van der Waals surface area contributed by atoms with Gasteiger partial charge >= 0.3 is 0 Å². The summed E-state index contributed by atoms with van der Waals surface area (Å²) in [6.07, 6.45) is 1.54. The zero-order valence-corrected chi connectivity index (χ0v) is 21.0. The van der Waals surface area contributed by atoms with Gasteiger partial charge in [0, 0.05) is 5.56 Å². The molecule has 0 heterocycles. The van der Waals surface area contributed by atoms with Crippen molar-refractivity contribution < 1.29 is 14.3 Å². The van der Waals surface area contributed by atoms with Crippen molar-refractivity contribution in [2.24, 2.45) is 11.0 Å². The molecule has 2 N–H and O–H groups in total. The number of benzene rings is 3. The van der Waals surface area contributed by atoms with E-state index < -0.39 is 6.04 Å². The first-order valence-corrected chi connectivity index (χ1v) is 11.8. The smallest absolute Gasteiger partial charge is 0.262 e. The van der Waals surface area contributed by atoms with Crippen LogP contribution in [0, 0.1) is 12.8 Å². The topological polar surface area (TPSA) is 79.8 Å². The Kier molecular flexibility index (Phi) is 8.99. The number of carbonyl (C=O) groups excluding carboxylic acids is 2. The van der Waals surface area contributed by atoms with Crippen molar-refractivity contribution in [1.82, 2.24) is 10.7 Å². The number of hydrogen-bond donors (Lipinski definition) is 2. The molecule has 3 aromatic rings. The summed E-state index contributed by atoms with van der Waals surface area (Å²) in [6, 6.07) is 21.9. The van der Waals surface area contributed by atoms with Gasteiger partial charge in [-0.2, -0.15) is 5.10 Å². The summed E-state index contributed by atoms with van der Waals surface area (Å²) in [7, 11) is 0. The molecule has 0 saturated heterocycles. The maximum Gasteiger partial charge on any atom is 0.262 e. The molecule has 0 aliphatic rings. The number of nitrogens with one attached hydrogen (secondary N) is 2. The number of amides is 2. The summed E-state index contributed by atoms with van der Waals surface area (Å²) in [5.41, 5.74) is 5.96. The molecule has 0 bridgehead atoms. The lowest BCUT2D eigenvalue weighted by atomic mass is 10.0. The number of carbonyl (C=O) groups is 2. The lowest BCUT2D eigenvalue weighted by Crippen LogP contribution is -2.48. The van der Waals surface area contributed by atoms with Gasteiger partial charge in [0.2, 0.25) is 0 Å². The largest absolute Gasteiger partial charge is 0.488 e. The molecule has 1 unspecified atom stereocenters. The Morgan fingerprint density at radius 2 is 1.74 bits per heavy atom. The molecule has 6 nitrogen and oxygen atoms in total. The number of halogens is 1. The third kappa shape index (κ3) is 7.28. The van der Waals surface area contributed by atoms with E-state index in [0.717, 1.165) is 21.2 Å². The molecule has 0 aliphatic heterocycles. The normalized spacial score (nSPS) is 11.9. The molecular weight excluding hydrogens is 494 g/mol. The Morgan fingerprint density at radius 1 is 1.03 bits per heavy atom. The van der Waals surface area contributed by atoms with Crippen LogP contribution in [-0.4, -0.2) is 24.1 Å². The minimum absolute atomic E-state index is 0.111. The predicted octanol–water partition coefficient (Wildman–Crippen LogP) is 5.24. The molecule has 3 aromatic carbocycles. The van der Waals surface area contributed by atoms with E-state index in [1.165, 1.54) is 0 Å². The van der Waals surface area contributed by atoms with Crippen LogP contribution >= 0.6 is 15.9 Å². The SMILES string of the molecule is Cc1ccc(C(=O)NC(C(=O)N/N=C\c2ccc(OCc3ccccc3)c(Br)c2)C(C)C)cc1. The van der Waals surface area contributed by atoms with Crippen molar-refractivity contribution in [1.29, 1.82) is 0 Å². The van der Waals surface area contributed by atoms with E-state index in [1.807, 2.05) is 81.4 Å². The second-order valence-corrected chi connectivity index (χ2v) is 9.11. The fourth-order valence-electron chi connectivity index (χ4n) is 3.15. The molecule has 176 valence electrons. The fourth-order valence-corrected chi connectivity index (χ4v) is 3.67. The zero-order valence-electron chi connectivity index (χ0n) is 19.4. The number of nitrogens with zero attached hydrogens (tertiary/aromatic N) is 1. The molecule has 3 rings (SSSR count). The van der Waals surface area contributed by atoms with Crippen molar-refractivity contribution in [3.63, 3.8) is 0 Å². The highest BCUT2D eigenvalue weighted by Gasteiger charge is 2.24. The maximum absolute atomic E-state index is 12.7. The van der Waals surface area contributed by atoms with Gasteiger partial charge in [0.15, 0.2) is 0 Å². The standard InChI is InChI=1S/C27H28BrN3O3/c1-18(2)25(30-26(32)22-12-9-19(3)10-13-22)27(33)31-29-16-21-11-14-24(23(28)15-21)34-17-20-7-5-4-6-8-20/h4-16,18,25H,17H2,1-3H3,(H,30,32)(H,31,33)/b29-16-. The van der Waals surface area contributed by atoms with Gasteiger partial charge in [0.05, 0.1) is 10.7 Å². The average molecular weight is 522 g/mol. The lowest BCUT2D eigenvalue weighted by molar-refractivity contribution is -0.123. The van der Waals surface area contributed by atoms with Crippen molar-refractivity contribution >= 4 is 34.0 Å². The van der Waals surface area contributed by atoms with Gasteiger partial charge in [0.25, 0.3) is 11.8 Å². The summed E-state index contributed by atoms with van der Waals surface area (Å²) >= 11 is 3.52. The van der Waals surface area contributed by atoms with Gasteiger partial charge in [-0.25, -0.2) is 5.43 Å². The number of aryl methyl sites for hydroxylation is 1. The minimum atomic E-state index is -0.716. The number of hydrazone groups is 1. The molecule has 0 aromatic heterocycles. The first kappa shape index (κ1) is 25.2. The molecule has 1 atom stereocenters. The zero-order chi connectivity index (χ0) is 24.5. The van der Waals surface area contributed by atoms with Gasteiger partial charge in [-0.3, -0.25) is 9.59 Å². The van der Waals surface area contributed by atoms with Crippen molar-refractivity contribution in [3.8, 4) is 5.75 Å². The van der Waals surface area contributed by atoms with Crippen LogP contribution < -0.4 is 15.5 Å². The highest BCUT2D eigenvalue weighted by Crippen LogP contribution is 2.26. The van der Waals surface area contributed by atoms with Crippen molar-refractivity contribution in [3.05, 3.63) is 99.5 Å². The highest BCUT2D eigenvalue weighted by atomic mass is 79.9. The molecule has 34 heavy (non-hydrogen) atoms. The summed E-state index contributed by atoms with van der Waals surface area (Å²) in [5, 5.41) is 6.86. The fraction of sp³-hybridized carbons (Fsp3) is 0.222. The number of hydrogen-bond acceptors (Lipinski definition) is 4. The quantitative estimate of drug-likeness (QED) is 0.298. The van der Waals surface area contributed by atoms with E-state index in [-0.39, 0.29) is 17.7 Å². The summed E-state index contributed by atoms with van der Waals surface area (Å²) in [4.78, 5) is 25.2. The van der Waals surface area contributed by atoms with Gasteiger partial charge in [-0.1, -0.05) is 61.9 Å². The molecule has 0 saturated carbocycles. The monoisotopic (exact) mass is 521 g/mol. The van der Waals surface area contributed by atoms with Crippen LogP contribution in [0.1, 0.15) is 40.9 Å². The molecular formula is C27H28BrN3O3. The second kappa shape index (κ2) is 12.1. The Morgan fingerprint density at radius 3 is 2.38 bits per heavy atom. The van der Waals surface area contributed by atoms with E-state index in [4.69, 9.17) is 4.74 Å². The molecule has 0 aliphatic carbocycles. The second-order valence-electron chi connectivity index (χ2n) is 8.26. The number of ether oxygens (including phenoxy) is 1. The predicted molar refractivity (Wildman–Crippen MR) is 138 cm³/mol. The van der Waals surface area contributed by atoms with Crippen molar-refractivity contribution in [2.45, 2.75) is 33.4 Å². The number of rotatable bonds is 9. The van der Waals surface area contributed by atoms with Crippen LogP contribution in [0.5, 0.6) is 5.75 Å². The van der Waals surface area contributed by atoms with Crippen LogP contribution in [0.25, 0.3) is 0 Å². The Hall–Kier alpha value is -3.45. The average Bonchev–Trinajstić information content (AvgIpc) is 2.82. The Bertz CT molecular complexity index is 1150. The van der Waals surface area contributed by atoms with Crippen LogP contribution in [0.3, 0.4) is 0 Å². The minimum Gasteiger partial charge on any atom is -0.488 e. The maximum atomic E-state index is 12.7. The van der Waals surface area contributed by atoms with Gasteiger partial charge in [0.1, 0.15) is 18.4 Å². The highest BCUT2D eigenvalue weighted by molar-refractivity contribution is 9.10. The van der Waals surface area contributed by atoms with Gasteiger partial charge in [-0.15, -0.1) is 0 Å². The van der Waals surface area contributed by atoms with Crippen LogP contribution in [0.2, 0.25) is 0 Å². The first-order chi connectivity index (χ1) is 16.3. The molecule has 2 amide bonds. The van der Waals surface area contributed by atoms with Gasteiger partial charge in [-0.05, 0) is 70.2 Å². The molecule has 0 fully saturated rings. The van der Waals surface area contributed by atoms with E-state index in [1.54, 1.807) is 18.3 Å². The van der Waals surface area contributed by atoms with Crippen molar-refractivity contribution in [2.75, 3.05) is 0 Å². The van der Waals surface area contributed by atoms with E-state index in [0.29, 0.717) is 17.9 Å². The van der Waals surface area contributed by atoms with Crippen LogP contribution in [0.4, 0.5) is 0 Å². The molecule has 7 heteroatoms. The van der Waals surface area contributed by atoms with E-state index >= 15 is 0 Å². The van der Waals surface area contributed by atoms with Crippen LogP contribution in [-0.2, 0) is 11.4 Å². The van der Waals surface area contributed by atoms with E-state index in [2.05, 4.69) is 31.8 Å². The summed E-state index contributed by atoms with van der Waals surface area (Å²) < 4.78 is 6.64. The summed E-state index contributed by atoms with van der Waals surface area (Å²) in [6.45, 7) is 6.16. The lowest BCUT2D eigenvalue weighted by Gasteiger charge is -2.20. The van der Waals surface area contributed by atoms with Crippen LogP contribution in [0.15, 0.2) is 82.4 Å². The first-order valence-electron chi connectivity index (χ1n) is 11.0. The van der Waals surface area contributed by atoms with Gasteiger partial charge < -0.3 is 10.1 Å². The molecule has 0 spiro atoms. The molecule has 0 radical (unpaired) electrons. The summed E-state index contributed by atoms with van der Waals surface area (Å²) in [5.74, 6) is -0.0787. The third-order valence-electron chi connectivity index (χ3n) is 5.13.